The van der Waals surface area contributed by atoms with Gasteiger partial charge in [-0.25, -0.2) is 0 Å². The van der Waals surface area contributed by atoms with Crippen LogP contribution >= 0.6 is 0 Å². The van der Waals surface area contributed by atoms with Gasteiger partial charge >= 0.3 is 0 Å². The maximum Gasteiger partial charge on any atom is 0.0832 e. The Balaban J connectivity index is 2.06. The third kappa shape index (κ3) is 2.16. The Hall–Kier alpha value is -0.600. The van der Waals surface area contributed by atoms with Crippen LogP contribution in [0, 0.1) is 11.8 Å². The standard InChI is InChI=1S/C13H20O2/c1-8(6-10(3)14)13-9(2)7-11-4-5-12(13)15-11/h4-5,8,10-14H,2,6-7H2,1,3H3/t8-,10+,11+,12-,13-/m0/s1. The molecule has 1 N–H and O–H groups in total. The van der Waals surface area contributed by atoms with Crippen LogP contribution in [0.5, 0.6) is 0 Å². The zero-order valence-corrected chi connectivity index (χ0v) is 9.52. The van der Waals surface area contributed by atoms with Gasteiger partial charge in [-0.05, 0) is 25.7 Å². The van der Waals surface area contributed by atoms with E-state index in [1.54, 1.807) is 0 Å². The van der Waals surface area contributed by atoms with Crippen molar-refractivity contribution in [3.63, 3.8) is 0 Å². The van der Waals surface area contributed by atoms with Gasteiger partial charge in [-0.15, -0.1) is 0 Å². The molecule has 0 amide bonds. The molecule has 2 aliphatic heterocycles. The van der Waals surface area contributed by atoms with E-state index in [4.69, 9.17) is 4.74 Å². The SMILES string of the molecule is C=C1C[C@H]2C=C[C@H](O2)[C@H]1[C@@H](C)C[C@@H](C)O. The monoisotopic (exact) mass is 208 g/mol. The van der Waals surface area contributed by atoms with Crippen molar-refractivity contribution in [2.75, 3.05) is 0 Å². The molecule has 0 spiro atoms. The number of aliphatic hydroxyl groups is 1. The van der Waals surface area contributed by atoms with E-state index in [-0.39, 0.29) is 18.3 Å². The lowest BCUT2D eigenvalue weighted by Gasteiger charge is -2.36. The predicted octanol–water partition coefficient (Wildman–Crippen LogP) is 2.29. The van der Waals surface area contributed by atoms with E-state index in [2.05, 4.69) is 25.7 Å². The molecule has 1 saturated heterocycles. The van der Waals surface area contributed by atoms with Crippen molar-refractivity contribution in [1.29, 1.82) is 0 Å². The third-order valence-electron chi connectivity index (χ3n) is 3.46. The minimum Gasteiger partial charge on any atom is -0.393 e. The quantitative estimate of drug-likeness (QED) is 0.721. The smallest absolute Gasteiger partial charge is 0.0832 e. The lowest BCUT2D eigenvalue weighted by molar-refractivity contribution is -0.0116. The molecule has 2 heteroatoms. The van der Waals surface area contributed by atoms with Gasteiger partial charge in [0.1, 0.15) is 0 Å². The number of hydrogen-bond acceptors (Lipinski definition) is 2. The summed E-state index contributed by atoms with van der Waals surface area (Å²) in [7, 11) is 0. The number of rotatable bonds is 3. The molecule has 0 aliphatic carbocycles. The molecule has 0 radical (unpaired) electrons. The average molecular weight is 208 g/mol. The van der Waals surface area contributed by atoms with Gasteiger partial charge in [0.05, 0.1) is 18.3 Å². The Morgan fingerprint density at radius 3 is 2.93 bits per heavy atom. The lowest BCUT2D eigenvalue weighted by atomic mass is 9.78. The van der Waals surface area contributed by atoms with Crippen LogP contribution in [0.15, 0.2) is 24.3 Å². The Morgan fingerprint density at radius 1 is 1.53 bits per heavy atom. The van der Waals surface area contributed by atoms with E-state index in [0.29, 0.717) is 11.8 Å². The molecular formula is C13H20O2. The van der Waals surface area contributed by atoms with Crippen LogP contribution in [0.25, 0.3) is 0 Å². The van der Waals surface area contributed by atoms with Crippen molar-refractivity contribution in [3.05, 3.63) is 24.3 Å². The van der Waals surface area contributed by atoms with Crippen molar-refractivity contribution >= 4 is 0 Å². The zero-order valence-electron chi connectivity index (χ0n) is 9.52. The molecule has 2 nitrogen and oxygen atoms in total. The Bertz CT molecular complexity index is 280. The molecule has 0 saturated carbocycles. The average Bonchev–Trinajstić information content (AvgIpc) is 2.46. The maximum atomic E-state index is 9.42. The third-order valence-corrected chi connectivity index (χ3v) is 3.46. The highest BCUT2D eigenvalue weighted by atomic mass is 16.5. The lowest BCUT2D eigenvalue weighted by Crippen LogP contribution is -2.35. The maximum absolute atomic E-state index is 9.42. The molecule has 84 valence electrons. The van der Waals surface area contributed by atoms with Gasteiger partial charge in [-0.2, -0.15) is 0 Å². The van der Waals surface area contributed by atoms with Crippen molar-refractivity contribution < 1.29 is 9.84 Å². The second-order valence-electron chi connectivity index (χ2n) is 4.97. The van der Waals surface area contributed by atoms with Gasteiger partial charge in [-0.3, -0.25) is 0 Å². The molecule has 15 heavy (non-hydrogen) atoms. The van der Waals surface area contributed by atoms with Crippen LogP contribution in [0.3, 0.4) is 0 Å². The molecular weight excluding hydrogens is 188 g/mol. The van der Waals surface area contributed by atoms with Gasteiger partial charge in [0.25, 0.3) is 0 Å². The Labute approximate surface area is 91.6 Å². The number of hydrogen-bond donors (Lipinski definition) is 1. The highest BCUT2D eigenvalue weighted by Gasteiger charge is 2.38. The van der Waals surface area contributed by atoms with E-state index < -0.39 is 0 Å². The number of ether oxygens (including phenoxy) is 1. The molecule has 2 aliphatic rings. The molecule has 0 aromatic carbocycles. The van der Waals surface area contributed by atoms with E-state index in [1.807, 2.05) is 6.92 Å². The molecule has 0 aromatic rings. The fraction of sp³-hybridized carbons (Fsp3) is 0.692. The first-order valence-electron chi connectivity index (χ1n) is 5.77. The van der Waals surface area contributed by atoms with Gasteiger partial charge in [-0.1, -0.05) is 31.2 Å². The second kappa shape index (κ2) is 4.11. The van der Waals surface area contributed by atoms with E-state index in [1.165, 1.54) is 5.57 Å². The van der Waals surface area contributed by atoms with Crippen molar-refractivity contribution in [2.45, 2.75) is 45.0 Å². The topological polar surface area (TPSA) is 29.5 Å². The van der Waals surface area contributed by atoms with Gasteiger partial charge in [0.2, 0.25) is 0 Å². The molecule has 0 unspecified atom stereocenters. The Morgan fingerprint density at radius 2 is 2.27 bits per heavy atom. The molecule has 1 fully saturated rings. The molecule has 2 rings (SSSR count). The number of aliphatic hydroxyl groups excluding tert-OH is 1. The van der Waals surface area contributed by atoms with Crippen molar-refractivity contribution in [1.82, 2.24) is 0 Å². The van der Waals surface area contributed by atoms with E-state index >= 15 is 0 Å². The minimum atomic E-state index is -0.240. The molecule has 2 heterocycles. The van der Waals surface area contributed by atoms with Crippen LogP contribution in [0.4, 0.5) is 0 Å². The predicted molar refractivity (Wildman–Crippen MR) is 60.5 cm³/mol. The normalized spacial score (nSPS) is 38.1. The minimum absolute atomic E-state index is 0.199. The Kier molecular flexibility index (Phi) is 2.98. The fourth-order valence-electron chi connectivity index (χ4n) is 2.88. The molecule has 0 aromatic heterocycles. The summed E-state index contributed by atoms with van der Waals surface area (Å²) in [5, 5.41) is 9.42. The van der Waals surface area contributed by atoms with Crippen LogP contribution in [0.2, 0.25) is 0 Å². The number of fused-ring (bicyclic) bond motifs is 2. The summed E-state index contributed by atoms with van der Waals surface area (Å²) in [4.78, 5) is 0. The summed E-state index contributed by atoms with van der Waals surface area (Å²) in [6, 6.07) is 0. The first-order chi connectivity index (χ1) is 7.08. The van der Waals surface area contributed by atoms with E-state index in [0.717, 1.165) is 12.8 Å². The fourth-order valence-corrected chi connectivity index (χ4v) is 2.88. The summed E-state index contributed by atoms with van der Waals surface area (Å²) < 4.78 is 5.83. The molecule has 2 bridgehead atoms. The highest BCUT2D eigenvalue weighted by Crippen LogP contribution is 2.40. The first kappa shape index (κ1) is 10.9. The zero-order chi connectivity index (χ0) is 11.0. The molecule has 5 atom stereocenters. The van der Waals surface area contributed by atoms with Gasteiger partial charge in [0.15, 0.2) is 0 Å². The first-order valence-corrected chi connectivity index (χ1v) is 5.77. The second-order valence-corrected chi connectivity index (χ2v) is 4.97. The van der Waals surface area contributed by atoms with Crippen LogP contribution in [-0.4, -0.2) is 23.4 Å². The van der Waals surface area contributed by atoms with Gasteiger partial charge < -0.3 is 9.84 Å². The summed E-state index contributed by atoms with van der Waals surface area (Å²) >= 11 is 0. The van der Waals surface area contributed by atoms with Crippen LogP contribution < -0.4 is 0 Å². The van der Waals surface area contributed by atoms with E-state index in [9.17, 15) is 5.11 Å². The summed E-state index contributed by atoms with van der Waals surface area (Å²) in [6.45, 7) is 8.19. The van der Waals surface area contributed by atoms with Crippen molar-refractivity contribution in [2.24, 2.45) is 11.8 Å². The van der Waals surface area contributed by atoms with Crippen LogP contribution in [0.1, 0.15) is 26.7 Å². The van der Waals surface area contributed by atoms with Crippen molar-refractivity contribution in [3.8, 4) is 0 Å². The largest absolute Gasteiger partial charge is 0.393 e. The summed E-state index contributed by atoms with van der Waals surface area (Å²) in [5.41, 5.74) is 1.29. The summed E-state index contributed by atoms with van der Waals surface area (Å²) in [6.07, 6.45) is 6.29. The summed E-state index contributed by atoms with van der Waals surface area (Å²) in [5.74, 6) is 0.820. The van der Waals surface area contributed by atoms with Crippen LogP contribution in [-0.2, 0) is 4.74 Å². The highest BCUT2D eigenvalue weighted by molar-refractivity contribution is 5.21. The van der Waals surface area contributed by atoms with Gasteiger partial charge in [0, 0.05) is 5.92 Å².